The van der Waals surface area contributed by atoms with E-state index >= 15 is 0 Å². The standard InChI is InChI=1S/C19H25NO/c1-15(2)19(18-6-4-3-5-7-18)13-20-12-16-8-10-17(14-21)11-9-16/h3-11,15,19-21H,12-14H2,1-2H3. The molecule has 2 nitrogen and oxygen atoms in total. The maximum atomic E-state index is 9.05. The molecular weight excluding hydrogens is 258 g/mol. The van der Waals surface area contributed by atoms with Gasteiger partial charge in [-0.15, -0.1) is 0 Å². The van der Waals surface area contributed by atoms with Crippen molar-refractivity contribution in [2.75, 3.05) is 6.54 Å². The SMILES string of the molecule is CC(C)C(CNCc1ccc(CO)cc1)c1ccccc1. The summed E-state index contributed by atoms with van der Waals surface area (Å²) in [7, 11) is 0. The van der Waals surface area contributed by atoms with Crippen LogP contribution in [0.15, 0.2) is 54.6 Å². The summed E-state index contributed by atoms with van der Waals surface area (Å²) in [5.74, 6) is 1.14. The molecule has 0 saturated carbocycles. The van der Waals surface area contributed by atoms with E-state index in [1.165, 1.54) is 11.1 Å². The van der Waals surface area contributed by atoms with Crippen molar-refractivity contribution in [2.24, 2.45) is 5.92 Å². The van der Waals surface area contributed by atoms with Gasteiger partial charge in [-0.05, 0) is 28.5 Å². The van der Waals surface area contributed by atoms with Crippen molar-refractivity contribution in [3.05, 3.63) is 71.3 Å². The van der Waals surface area contributed by atoms with Gasteiger partial charge in [0.15, 0.2) is 0 Å². The summed E-state index contributed by atoms with van der Waals surface area (Å²) in [5.41, 5.74) is 3.61. The summed E-state index contributed by atoms with van der Waals surface area (Å²) >= 11 is 0. The van der Waals surface area contributed by atoms with Crippen molar-refractivity contribution < 1.29 is 5.11 Å². The summed E-state index contributed by atoms with van der Waals surface area (Å²) < 4.78 is 0. The molecular formula is C19H25NO. The number of benzene rings is 2. The highest BCUT2D eigenvalue weighted by atomic mass is 16.3. The summed E-state index contributed by atoms with van der Waals surface area (Å²) in [6, 6.07) is 18.8. The van der Waals surface area contributed by atoms with Gasteiger partial charge in [0.2, 0.25) is 0 Å². The Balaban J connectivity index is 1.90. The minimum Gasteiger partial charge on any atom is -0.392 e. The van der Waals surface area contributed by atoms with Gasteiger partial charge in [0.25, 0.3) is 0 Å². The molecule has 21 heavy (non-hydrogen) atoms. The van der Waals surface area contributed by atoms with Gasteiger partial charge in [-0.3, -0.25) is 0 Å². The van der Waals surface area contributed by atoms with Crippen LogP contribution in [0.3, 0.4) is 0 Å². The van der Waals surface area contributed by atoms with Crippen molar-refractivity contribution in [1.29, 1.82) is 0 Å². The Labute approximate surface area is 127 Å². The minimum atomic E-state index is 0.108. The van der Waals surface area contributed by atoms with Gasteiger partial charge in [0, 0.05) is 13.1 Å². The topological polar surface area (TPSA) is 32.3 Å². The zero-order chi connectivity index (χ0) is 15.1. The largest absolute Gasteiger partial charge is 0.392 e. The van der Waals surface area contributed by atoms with Crippen LogP contribution in [0, 0.1) is 5.92 Å². The average molecular weight is 283 g/mol. The first-order valence-electron chi connectivity index (χ1n) is 7.65. The molecule has 0 saturated heterocycles. The van der Waals surface area contributed by atoms with Crippen molar-refractivity contribution in [3.8, 4) is 0 Å². The minimum absolute atomic E-state index is 0.108. The Kier molecular flexibility index (Phi) is 5.97. The van der Waals surface area contributed by atoms with E-state index in [4.69, 9.17) is 5.11 Å². The molecule has 0 bridgehead atoms. The summed E-state index contributed by atoms with van der Waals surface area (Å²) in [6.07, 6.45) is 0. The van der Waals surface area contributed by atoms with Gasteiger partial charge in [0.05, 0.1) is 6.61 Å². The monoisotopic (exact) mass is 283 g/mol. The lowest BCUT2D eigenvalue weighted by Gasteiger charge is -2.22. The predicted octanol–water partition coefficient (Wildman–Crippen LogP) is 3.71. The van der Waals surface area contributed by atoms with Crippen molar-refractivity contribution in [3.63, 3.8) is 0 Å². The molecule has 0 aliphatic heterocycles. The number of hydrogen-bond acceptors (Lipinski definition) is 2. The molecule has 2 rings (SSSR count). The van der Waals surface area contributed by atoms with E-state index < -0.39 is 0 Å². The van der Waals surface area contributed by atoms with Crippen LogP contribution in [-0.4, -0.2) is 11.7 Å². The average Bonchev–Trinajstić information content (AvgIpc) is 2.52. The molecule has 2 N–H and O–H groups in total. The molecule has 1 atom stereocenters. The molecule has 2 aromatic carbocycles. The fraction of sp³-hybridized carbons (Fsp3) is 0.368. The molecule has 112 valence electrons. The van der Waals surface area contributed by atoms with E-state index in [2.05, 4.69) is 61.6 Å². The Hall–Kier alpha value is -1.64. The van der Waals surface area contributed by atoms with Crippen LogP contribution < -0.4 is 5.32 Å². The van der Waals surface area contributed by atoms with Gasteiger partial charge in [-0.25, -0.2) is 0 Å². The zero-order valence-corrected chi connectivity index (χ0v) is 12.9. The lowest BCUT2D eigenvalue weighted by atomic mass is 9.88. The third kappa shape index (κ3) is 4.69. The molecule has 0 spiro atoms. The third-order valence-electron chi connectivity index (χ3n) is 3.93. The first kappa shape index (κ1) is 15.7. The predicted molar refractivity (Wildman–Crippen MR) is 88.1 cm³/mol. The molecule has 2 aromatic rings. The highest BCUT2D eigenvalue weighted by Gasteiger charge is 2.14. The van der Waals surface area contributed by atoms with Gasteiger partial charge < -0.3 is 10.4 Å². The fourth-order valence-corrected chi connectivity index (χ4v) is 2.57. The first-order chi connectivity index (χ1) is 10.2. The van der Waals surface area contributed by atoms with E-state index in [-0.39, 0.29) is 6.61 Å². The third-order valence-corrected chi connectivity index (χ3v) is 3.93. The van der Waals surface area contributed by atoms with Crippen LogP contribution >= 0.6 is 0 Å². The highest BCUT2D eigenvalue weighted by Crippen LogP contribution is 2.23. The molecule has 0 aliphatic carbocycles. The molecule has 0 heterocycles. The Morgan fingerprint density at radius 1 is 0.905 bits per heavy atom. The molecule has 0 fully saturated rings. The van der Waals surface area contributed by atoms with E-state index in [1.807, 2.05) is 12.1 Å². The molecule has 2 heteroatoms. The van der Waals surface area contributed by atoms with E-state index in [9.17, 15) is 0 Å². The molecule has 0 aromatic heterocycles. The van der Waals surface area contributed by atoms with E-state index in [0.717, 1.165) is 18.7 Å². The van der Waals surface area contributed by atoms with Crippen molar-refractivity contribution in [1.82, 2.24) is 5.32 Å². The second-order valence-corrected chi connectivity index (χ2v) is 5.87. The lowest BCUT2D eigenvalue weighted by molar-refractivity contribution is 0.282. The summed E-state index contributed by atoms with van der Waals surface area (Å²) in [6.45, 7) is 6.49. The Bertz CT molecular complexity index is 519. The van der Waals surface area contributed by atoms with Crippen LogP contribution in [0.25, 0.3) is 0 Å². The summed E-state index contributed by atoms with van der Waals surface area (Å²) in [4.78, 5) is 0. The maximum absolute atomic E-state index is 9.05. The zero-order valence-electron chi connectivity index (χ0n) is 12.9. The van der Waals surface area contributed by atoms with Crippen LogP contribution in [0.1, 0.15) is 36.5 Å². The van der Waals surface area contributed by atoms with Crippen LogP contribution in [-0.2, 0) is 13.2 Å². The lowest BCUT2D eigenvalue weighted by Crippen LogP contribution is -2.24. The number of nitrogens with one attached hydrogen (secondary N) is 1. The smallest absolute Gasteiger partial charge is 0.0681 e. The normalized spacial score (nSPS) is 12.6. The quantitative estimate of drug-likeness (QED) is 0.812. The number of aliphatic hydroxyl groups excluding tert-OH is 1. The van der Waals surface area contributed by atoms with Crippen LogP contribution in [0.4, 0.5) is 0 Å². The molecule has 0 aliphatic rings. The van der Waals surface area contributed by atoms with Crippen molar-refractivity contribution in [2.45, 2.75) is 32.9 Å². The van der Waals surface area contributed by atoms with Gasteiger partial charge in [0.1, 0.15) is 0 Å². The van der Waals surface area contributed by atoms with Crippen LogP contribution in [0.5, 0.6) is 0 Å². The van der Waals surface area contributed by atoms with Gasteiger partial charge in [-0.1, -0.05) is 68.4 Å². The van der Waals surface area contributed by atoms with Gasteiger partial charge in [-0.2, -0.15) is 0 Å². The second kappa shape index (κ2) is 7.96. The van der Waals surface area contributed by atoms with Crippen LogP contribution in [0.2, 0.25) is 0 Å². The molecule has 0 radical (unpaired) electrons. The molecule has 0 amide bonds. The number of aliphatic hydroxyl groups is 1. The fourth-order valence-electron chi connectivity index (χ4n) is 2.57. The number of hydrogen-bond donors (Lipinski definition) is 2. The van der Waals surface area contributed by atoms with Gasteiger partial charge >= 0.3 is 0 Å². The van der Waals surface area contributed by atoms with Crippen molar-refractivity contribution >= 4 is 0 Å². The summed E-state index contributed by atoms with van der Waals surface area (Å²) in [5, 5.41) is 12.6. The second-order valence-electron chi connectivity index (χ2n) is 5.87. The Morgan fingerprint density at radius 2 is 1.52 bits per heavy atom. The van der Waals surface area contributed by atoms with E-state index in [0.29, 0.717) is 11.8 Å². The first-order valence-corrected chi connectivity index (χ1v) is 7.65. The number of rotatable bonds is 7. The van der Waals surface area contributed by atoms with E-state index in [1.54, 1.807) is 0 Å². The maximum Gasteiger partial charge on any atom is 0.0681 e. The highest BCUT2D eigenvalue weighted by molar-refractivity contribution is 5.23. The Morgan fingerprint density at radius 3 is 2.10 bits per heavy atom. The molecule has 1 unspecified atom stereocenters.